The largest absolute Gasteiger partial charge is 0.504 e. The quantitative estimate of drug-likeness (QED) is 0.0533. The normalized spacial score (nSPS) is 11.7. The molecule has 0 aromatic heterocycles. The smallest absolute Gasteiger partial charge is 0.359 e. The fourth-order valence-corrected chi connectivity index (χ4v) is 22.3. The van der Waals surface area contributed by atoms with E-state index in [1.165, 1.54) is 159 Å². The fourth-order valence-electron chi connectivity index (χ4n) is 8.33. The Bertz CT molecular complexity index is 5090. The SMILES string of the molecule is CCc1ccc(S(=O)(=O)C(=[N+]=[N-])S(=O)(=O)c2ccc(CC)cc2)cc1.Cc1ccc(S(=O)(=O)C(=[N+]=[N-])S(=O)(=O)c2ccc(C)cc2)cc1.Cc1cccc(S(=O)(=O)C(=[N+]=[N-])S(=O)(=O)c2cccc(C)c2)c1.Cc1ccccc1S(=O)(=O)C(=[N+]=[N-])S(=O)(=O)c1ccccc1C. The predicted molar refractivity (Wildman–Crippen MR) is 351 cm³/mol. The molecule has 0 aliphatic rings. The van der Waals surface area contributed by atoms with Gasteiger partial charge in [-0.1, -0.05) is 134 Å². The van der Waals surface area contributed by atoms with Gasteiger partial charge in [-0.15, -0.1) is 19.2 Å². The Balaban J connectivity index is 0.000000227. The summed E-state index contributed by atoms with van der Waals surface area (Å²) in [6.45, 7) is 13.8. The van der Waals surface area contributed by atoms with Crippen LogP contribution in [0.25, 0.3) is 22.1 Å². The number of rotatable bonds is 10. The molecule has 492 valence electrons. The Morgan fingerprint density at radius 3 is 0.734 bits per heavy atom. The van der Waals surface area contributed by atoms with Crippen molar-refractivity contribution in [1.82, 2.24) is 0 Å². The third-order valence-electron chi connectivity index (χ3n) is 13.5. The Hall–Kier alpha value is -9.12. The first-order valence-electron chi connectivity index (χ1n) is 27.3. The van der Waals surface area contributed by atoms with Gasteiger partial charge in [-0.3, -0.25) is 0 Å². The molecule has 8 aromatic carbocycles. The van der Waals surface area contributed by atoms with Crippen molar-refractivity contribution < 1.29 is 86.5 Å². The first-order valence-corrected chi connectivity index (χ1v) is 39.2. The summed E-state index contributed by atoms with van der Waals surface area (Å²) in [5.41, 5.74) is 41.8. The molecule has 0 aliphatic heterocycles. The van der Waals surface area contributed by atoms with Gasteiger partial charge in [0, 0.05) is 0 Å². The molecule has 0 atom stereocenters. The van der Waals surface area contributed by atoms with E-state index in [2.05, 4.69) is 19.2 Å². The first-order chi connectivity index (χ1) is 43.9. The lowest BCUT2D eigenvalue weighted by atomic mass is 10.2. The second-order valence-corrected chi connectivity index (χ2v) is 36.2. The van der Waals surface area contributed by atoms with Crippen LogP contribution in [-0.2, 0) is 91.5 Å². The van der Waals surface area contributed by atoms with E-state index in [4.69, 9.17) is 22.1 Å². The number of hydrogen-bond donors (Lipinski definition) is 0. The molecule has 0 aliphatic carbocycles. The lowest BCUT2D eigenvalue weighted by Gasteiger charge is -2.06. The molecule has 0 unspecified atom stereocenters. The molecule has 0 N–H and O–H groups in total. The van der Waals surface area contributed by atoms with Crippen molar-refractivity contribution in [2.24, 2.45) is 0 Å². The van der Waals surface area contributed by atoms with Crippen LogP contribution in [0.5, 0.6) is 0 Å². The summed E-state index contributed by atoms with van der Waals surface area (Å²) in [5, 5.41) is 0. The maximum Gasteiger partial charge on any atom is 0.504 e. The summed E-state index contributed by atoms with van der Waals surface area (Å²) >= 11 is 0. The zero-order valence-corrected chi connectivity index (χ0v) is 57.8. The van der Waals surface area contributed by atoms with Crippen LogP contribution in [0.3, 0.4) is 0 Å². The highest BCUT2D eigenvalue weighted by atomic mass is 32.3. The van der Waals surface area contributed by atoms with E-state index in [0.717, 1.165) is 22.3 Å². The molecule has 0 radical (unpaired) electrons. The van der Waals surface area contributed by atoms with Crippen LogP contribution in [0, 0.1) is 41.5 Å². The second kappa shape index (κ2) is 30.8. The summed E-state index contributed by atoms with van der Waals surface area (Å²) in [7, 11) is -35.9. The Morgan fingerprint density at radius 1 is 0.266 bits per heavy atom. The van der Waals surface area contributed by atoms with Gasteiger partial charge in [0.15, 0.2) is 0 Å². The summed E-state index contributed by atoms with van der Waals surface area (Å²) in [6, 6.07) is 45.9. The zero-order chi connectivity index (χ0) is 70.4. The summed E-state index contributed by atoms with van der Waals surface area (Å²) in [6.07, 6.45) is 1.42. The average molecular weight is 1430 g/mol. The van der Waals surface area contributed by atoms with Gasteiger partial charge in [-0.25, -0.2) is 67.3 Å². The van der Waals surface area contributed by atoms with E-state index >= 15 is 0 Å². The minimum absolute atomic E-state index is 0.218. The number of sulfone groups is 8. The molecule has 8 aromatic rings. The monoisotopic (exact) mass is 1430 g/mol. The van der Waals surface area contributed by atoms with Crippen LogP contribution in [0.1, 0.15) is 58.4 Å². The number of benzene rings is 8. The van der Waals surface area contributed by atoms with Gasteiger partial charge in [0.2, 0.25) is 0 Å². The molecule has 0 spiro atoms. The lowest BCUT2D eigenvalue weighted by Crippen LogP contribution is -2.27. The average Bonchev–Trinajstić information content (AvgIpc) is 0.786. The molecule has 94 heavy (non-hydrogen) atoms. The van der Waals surface area contributed by atoms with E-state index in [1.54, 1.807) is 76.2 Å². The molecular formula is C62H60N8O16S8. The molecular weight excluding hydrogens is 1370 g/mol. The molecule has 24 nitrogen and oxygen atoms in total. The third-order valence-corrected chi connectivity index (χ3v) is 30.5. The standard InChI is InChI=1S/C17H18N2O4S2.3C15H14N2O4S2/c1-3-13-5-9-15(10-6-13)24(20,21)17(19-18)25(22,23)16-11-7-14(4-2)8-12-16;1-11-3-7-13(8-4-11)22(18,19)15(17-16)23(20,21)14-9-5-12(2)6-10-14;1-11-5-3-7-13(9-11)22(18,19)15(17-16)23(20,21)14-8-4-6-12(2)10-14;1-11-7-3-5-9-13(11)22(18,19)15(17-16)23(20,21)14-10-6-4-8-12(14)2/h5-12H,3-4H2,1-2H3;3*3-10H,1-2H3. The van der Waals surface area contributed by atoms with Gasteiger partial charge >= 0.3 is 17.5 Å². The Labute approximate surface area is 546 Å². The van der Waals surface area contributed by atoms with Gasteiger partial charge in [0.1, 0.15) is 0 Å². The van der Waals surface area contributed by atoms with Crippen LogP contribution < -0.4 is 0 Å². The topological polar surface area (TPSA) is 419 Å². The summed E-state index contributed by atoms with van der Waals surface area (Å²) in [4.78, 5) is 8.43. The minimum Gasteiger partial charge on any atom is -0.359 e. The van der Waals surface area contributed by atoms with E-state index < -0.39 is 96.2 Å². The number of hydrogen-bond acceptors (Lipinski definition) is 16. The molecule has 8 rings (SSSR count). The van der Waals surface area contributed by atoms with E-state index in [-0.39, 0.29) is 39.2 Å². The molecule has 32 heteroatoms. The van der Waals surface area contributed by atoms with Gasteiger partial charge in [0.05, 0.1) is 39.2 Å². The van der Waals surface area contributed by atoms with Gasteiger partial charge in [-0.2, -0.15) is 0 Å². The molecule has 0 amide bonds. The number of aryl methyl sites for hydroxylation is 8. The van der Waals surface area contributed by atoms with E-state index in [9.17, 15) is 67.3 Å². The van der Waals surface area contributed by atoms with Crippen LogP contribution in [0.15, 0.2) is 233 Å². The third kappa shape index (κ3) is 17.0. The van der Waals surface area contributed by atoms with Crippen LogP contribution in [0.2, 0.25) is 0 Å². The van der Waals surface area contributed by atoms with Crippen LogP contribution in [-0.4, -0.2) is 104 Å². The molecule has 0 saturated carbocycles. The van der Waals surface area contributed by atoms with E-state index in [0.29, 0.717) is 35.1 Å². The minimum atomic E-state index is -4.49. The number of nitrogens with zero attached hydrogens (tertiary/aromatic N) is 8. The van der Waals surface area contributed by atoms with E-state index in [1.807, 2.05) is 13.8 Å². The van der Waals surface area contributed by atoms with Crippen LogP contribution >= 0.6 is 0 Å². The van der Waals surface area contributed by atoms with Gasteiger partial charge in [0.25, 0.3) is 78.7 Å². The van der Waals surface area contributed by atoms with Crippen molar-refractivity contribution in [3.05, 3.63) is 261 Å². The first kappa shape index (κ1) is 75.6. The predicted octanol–water partition coefficient (Wildman–Crippen LogP) is 9.06. The van der Waals surface area contributed by atoms with Crippen molar-refractivity contribution in [2.75, 3.05) is 0 Å². The highest BCUT2D eigenvalue weighted by Crippen LogP contribution is 2.27. The van der Waals surface area contributed by atoms with Gasteiger partial charge < -0.3 is 22.1 Å². The van der Waals surface area contributed by atoms with Gasteiger partial charge in [-0.05, 0) is 173 Å². The molecule has 0 fully saturated rings. The fraction of sp³-hybridized carbons (Fsp3) is 0.161. The summed E-state index contributed by atoms with van der Waals surface area (Å²) in [5.74, 6) is 0. The highest BCUT2D eigenvalue weighted by Gasteiger charge is 2.47. The highest BCUT2D eigenvalue weighted by molar-refractivity contribution is 8.32. The molecule has 0 heterocycles. The van der Waals surface area contributed by atoms with Crippen LogP contribution in [0.4, 0.5) is 0 Å². The summed E-state index contributed by atoms with van der Waals surface area (Å²) < 4.78 is 196. The van der Waals surface area contributed by atoms with Crippen molar-refractivity contribution in [1.29, 1.82) is 0 Å². The van der Waals surface area contributed by atoms with Crippen molar-refractivity contribution >= 4 is 96.2 Å². The molecule has 0 bridgehead atoms. The zero-order valence-electron chi connectivity index (χ0n) is 51.3. The Morgan fingerprint density at radius 2 is 0.500 bits per heavy atom. The van der Waals surface area contributed by atoms with Crippen molar-refractivity contribution in [2.45, 2.75) is 107 Å². The maximum atomic E-state index is 12.6. The van der Waals surface area contributed by atoms with Crippen molar-refractivity contribution in [3.8, 4) is 0 Å². The Kier molecular flexibility index (Phi) is 24.7. The second-order valence-electron chi connectivity index (χ2n) is 20.3. The van der Waals surface area contributed by atoms with Crippen molar-refractivity contribution in [3.63, 3.8) is 0 Å². The molecule has 0 saturated heterocycles. The maximum absolute atomic E-state index is 12.6. The lowest BCUT2D eigenvalue weighted by molar-refractivity contribution is 0.00349.